The van der Waals surface area contributed by atoms with Crippen LogP contribution < -0.4 is 0 Å². The Morgan fingerprint density at radius 1 is 0.950 bits per heavy atom. The average molecular weight is 280 g/mol. The molecule has 0 aromatic heterocycles. The van der Waals surface area contributed by atoms with Crippen molar-refractivity contribution < 1.29 is 9.90 Å². The van der Waals surface area contributed by atoms with Crippen molar-refractivity contribution in [1.29, 1.82) is 0 Å². The molecule has 1 N–H and O–H groups in total. The molecule has 4 heteroatoms. The summed E-state index contributed by atoms with van der Waals surface area (Å²) in [5, 5.41) is 8.92. The molecule has 1 heterocycles. The SMILES string of the molecule is O=C(O)CN1CCCN(C2CCCC(C3CC3)C2)CC1. The molecular formula is C16H28N2O2. The first kappa shape index (κ1) is 14.3. The highest BCUT2D eigenvalue weighted by Crippen LogP contribution is 2.44. The maximum Gasteiger partial charge on any atom is 0.317 e. The van der Waals surface area contributed by atoms with E-state index in [1.54, 1.807) is 0 Å². The predicted octanol–water partition coefficient (Wildman–Crippen LogP) is 2.05. The van der Waals surface area contributed by atoms with Gasteiger partial charge in [-0.3, -0.25) is 14.6 Å². The van der Waals surface area contributed by atoms with Crippen molar-refractivity contribution in [3.63, 3.8) is 0 Å². The van der Waals surface area contributed by atoms with Gasteiger partial charge in [-0.2, -0.15) is 0 Å². The van der Waals surface area contributed by atoms with Crippen molar-refractivity contribution in [3.05, 3.63) is 0 Å². The van der Waals surface area contributed by atoms with Gasteiger partial charge in [-0.05, 0) is 50.5 Å². The number of aliphatic carboxylic acids is 1. The summed E-state index contributed by atoms with van der Waals surface area (Å²) in [7, 11) is 0. The number of carboxylic acids is 1. The molecule has 3 rings (SSSR count). The zero-order valence-corrected chi connectivity index (χ0v) is 12.5. The van der Waals surface area contributed by atoms with Crippen molar-refractivity contribution in [2.75, 3.05) is 32.7 Å². The fraction of sp³-hybridized carbons (Fsp3) is 0.938. The van der Waals surface area contributed by atoms with E-state index < -0.39 is 5.97 Å². The molecule has 2 aliphatic carbocycles. The van der Waals surface area contributed by atoms with Crippen LogP contribution in [0.1, 0.15) is 44.9 Å². The normalized spacial score (nSPS) is 33.8. The summed E-state index contributed by atoms with van der Waals surface area (Å²) in [5.41, 5.74) is 0. The minimum Gasteiger partial charge on any atom is -0.480 e. The van der Waals surface area contributed by atoms with Gasteiger partial charge in [0.1, 0.15) is 0 Å². The quantitative estimate of drug-likeness (QED) is 0.856. The van der Waals surface area contributed by atoms with E-state index in [1.165, 1.54) is 38.5 Å². The van der Waals surface area contributed by atoms with E-state index in [9.17, 15) is 4.79 Å². The first-order valence-electron chi connectivity index (χ1n) is 8.40. The number of rotatable bonds is 4. The van der Waals surface area contributed by atoms with Gasteiger partial charge < -0.3 is 5.11 Å². The molecule has 0 bridgehead atoms. The van der Waals surface area contributed by atoms with Crippen molar-refractivity contribution >= 4 is 5.97 Å². The van der Waals surface area contributed by atoms with Gasteiger partial charge in [0.25, 0.3) is 0 Å². The van der Waals surface area contributed by atoms with Crippen LogP contribution in [-0.4, -0.2) is 59.6 Å². The van der Waals surface area contributed by atoms with E-state index in [-0.39, 0.29) is 6.54 Å². The van der Waals surface area contributed by atoms with Gasteiger partial charge in [0.15, 0.2) is 0 Å². The molecule has 3 aliphatic rings. The van der Waals surface area contributed by atoms with Crippen LogP contribution in [0.15, 0.2) is 0 Å². The van der Waals surface area contributed by atoms with Crippen molar-refractivity contribution in [2.24, 2.45) is 11.8 Å². The first-order valence-corrected chi connectivity index (χ1v) is 8.40. The fourth-order valence-corrected chi connectivity index (χ4v) is 4.23. The van der Waals surface area contributed by atoms with Crippen molar-refractivity contribution in [3.8, 4) is 0 Å². The van der Waals surface area contributed by atoms with Gasteiger partial charge >= 0.3 is 5.97 Å². The molecule has 0 radical (unpaired) electrons. The third-order valence-electron chi connectivity index (χ3n) is 5.47. The van der Waals surface area contributed by atoms with Crippen molar-refractivity contribution in [2.45, 2.75) is 51.0 Å². The van der Waals surface area contributed by atoms with Gasteiger partial charge in [0.2, 0.25) is 0 Å². The van der Waals surface area contributed by atoms with Gasteiger partial charge in [-0.15, -0.1) is 0 Å². The molecular weight excluding hydrogens is 252 g/mol. The molecule has 0 aromatic carbocycles. The number of hydrogen-bond donors (Lipinski definition) is 1. The number of carbonyl (C=O) groups is 1. The Labute approximate surface area is 122 Å². The molecule has 1 aliphatic heterocycles. The lowest BCUT2D eigenvalue weighted by atomic mass is 9.82. The minimum atomic E-state index is -0.690. The summed E-state index contributed by atoms with van der Waals surface area (Å²) in [4.78, 5) is 15.6. The second-order valence-corrected chi connectivity index (χ2v) is 6.98. The van der Waals surface area contributed by atoms with E-state index in [4.69, 9.17) is 5.11 Å². The Balaban J connectivity index is 1.50. The van der Waals surface area contributed by atoms with Crippen LogP contribution in [0.5, 0.6) is 0 Å². The highest BCUT2D eigenvalue weighted by Gasteiger charge is 2.36. The van der Waals surface area contributed by atoms with Gasteiger partial charge in [0, 0.05) is 25.7 Å². The van der Waals surface area contributed by atoms with E-state index in [0.29, 0.717) is 0 Å². The number of carboxylic acid groups (broad SMARTS) is 1. The predicted molar refractivity (Wildman–Crippen MR) is 78.7 cm³/mol. The molecule has 0 amide bonds. The summed E-state index contributed by atoms with van der Waals surface area (Å²) in [5.74, 6) is 1.35. The lowest BCUT2D eigenvalue weighted by molar-refractivity contribution is -0.138. The summed E-state index contributed by atoms with van der Waals surface area (Å²) in [6, 6.07) is 0.777. The zero-order valence-electron chi connectivity index (χ0n) is 12.5. The number of hydrogen-bond acceptors (Lipinski definition) is 3. The molecule has 4 nitrogen and oxygen atoms in total. The Kier molecular flexibility index (Phi) is 4.61. The molecule has 1 saturated heterocycles. The number of nitrogens with zero attached hydrogens (tertiary/aromatic N) is 2. The van der Waals surface area contributed by atoms with Gasteiger partial charge in [-0.25, -0.2) is 0 Å². The van der Waals surface area contributed by atoms with E-state index in [0.717, 1.165) is 50.5 Å². The summed E-state index contributed by atoms with van der Waals surface area (Å²) in [6.07, 6.45) is 9.71. The Morgan fingerprint density at radius 3 is 2.55 bits per heavy atom. The Bertz CT molecular complexity index is 343. The smallest absolute Gasteiger partial charge is 0.317 e. The van der Waals surface area contributed by atoms with E-state index >= 15 is 0 Å². The van der Waals surface area contributed by atoms with Crippen LogP contribution in [0, 0.1) is 11.8 Å². The summed E-state index contributed by atoms with van der Waals surface area (Å²) in [6.45, 7) is 4.31. The molecule has 2 atom stereocenters. The van der Waals surface area contributed by atoms with Crippen LogP contribution in [0.2, 0.25) is 0 Å². The minimum absolute atomic E-state index is 0.212. The zero-order chi connectivity index (χ0) is 13.9. The largest absolute Gasteiger partial charge is 0.480 e. The molecule has 2 unspecified atom stereocenters. The molecule has 0 aromatic rings. The monoisotopic (exact) mass is 280 g/mol. The molecule has 0 spiro atoms. The average Bonchev–Trinajstić information content (AvgIpc) is 3.26. The van der Waals surface area contributed by atoms with Crippen LogP contribution >= 0.6 is 0 Å². The Morgan fingerprint density at radius 2 is 1.80 bits per heavy atom. The van der Waals surface area contributed by atoms with E-state index in [1.807, 2.05) is 0 Å². The molecule has 2 saturated carbocycles. The maximum absolute atomic E-state index is 10.8. The second-order valence-electron chi connectivity index (χ2n) is 6.98. The lowest BCUT2D eigenvalue weighted by Gasteiger charge is -2.37. The van der Waals surface area contributed by atoms with E-state index in [2.05, 4.69) is 9.80 Å². The topological polar surface area (TPSA) is 43.8 Å². The lowest BCUT2D eigenvalue weighted by Crippen LogP contribution is -2.41. The highest BCUT2D eigenvalue weighted by molar-refractivity contribution is 5.69. The van der Waals surface area contributed by atoms with Crippen LogP contribution in [-0.2, 0) is 4.79 Å². The van der Waals surface area contributed by atoms with Crippen LogP contribution in [0.3, 0.4) is 0 Å². The van der Waals surface area contributed by atoms with Gasteiger partial charge in [-0.1, -0.05) is 12.8 Å². The second kappa shape index (κ2) is 6.44. The highest BCUT2D eigenvalue weighted by atomic mass is 16.4. The summed E-state index contributed by atoms with van der Waals surface area (Å²) < 4.78 is 0. The fourth-order valence-electron chi connectivity index (χ4n) is 4.23. The summed E-state index contributed by atoms with van der Waals surface area (Å²) >= 11 is 0. The Hall–Kier alpha value is -0.610. The standard InChI is InChI=1S/C16H28N2O2/c19-16(20)12-17-7-2-8-18(10-9-17)15-4-1-3-14(11-15)13-5-6-13/h13-15H,1-12H2,(H,19,20). The first-order chi connectivity index (χ1) is 9.72. The molecule has 114 valence electrons. The third-order valence-corrected chi connectivity index (χ3v) is 5.47. The maximum atomic E-state index is 10.8. The molecule has 3 fully saturated rings. The molecule has 20 heavy (non-hydrogen) atoms. The van der Waals surface area contributed by atoms with Gasteiger partial charge in [0.05, 0.1) is 6.54 Å². The third kappa shape index (κ3) is 3.73. The van der Waals surface area contributed by atoms with Crippen molar-refractivity contribution in [1.82, 2.24) is 9.80 Å². The van der Waals surface area contributed by atoms with Crippen LogP contribution in [0.4, 0.5) is 0 Å². The van der Waals surface area contributed by atoms with Crippen LogP contribution in [0.25, 0.3) is 0 Å².